The molecular formula is C24H27N7O2. The van der Waals surface area contributed by atoms with E-state index in [9.17, 15) is 14.9 Å². The van der Waals surface area contributed by atoms with Gasteiger partial charge in [-0.3, -0.25) is 9.59 Å². The number of hydrogen-bond donors (Lipinski definition) is 2. The van der Waals surface area contributed by atoms with Crippen LogP contribution in [0.4, 0.5) is 5.69 Å². The first-order chi connectivity index (χ1) is 15.8. The Morgan fingerprint density at radius 2 is 1.94 bits per heavy atom. The van der Waals surface area contributed by atoms with Gasteiger partial charge in [0, 0.05) is 23.6 Å². The second kappa shape index (κ2) is 10.4. The summed E-state index contributed by atoms with van der Waals surface area (Å²) < 4.78 is 3.77. The predicted octanol–water partition coefficient (Wildman–Crippen LogP) is 3.00. The monoisotopic (exact) mass is 445 g/mol. The highest BCUT2D eigenvalue weighted by Gasteiger charge is 2.14. The zero-order valence-corrected chi connectivity index (χ0v) is 19.2. The largest absolute Gasteiger partial charge is 0.348 e. The standard InChI is InChI=1S/C24H27N7O2/c1-16(2)13-30-17(3)9-19(18(30)4)10-20(11-25)24(33)27-12-23(32)29-21-5-7-22(8-6-21)31-15-26-14-28-31/h5-10,14-16H,12-13H2,1-4H3,(H,27,33)(H,29,32)/b20-10-. The van der Waals surface area contributed by atoms with E-state index in [0.717, 1.165) is 29.2 Å². The van der Waals surface area contributed by atoms with Crippen LogP contribution in [0.1, 0.15) is 30.8 Å². The van der Waals surface area contributed by atoms with Crippen molar-refractivity contribution in [2.75, 3.05) is 11.9 Å². The van der Waals surface area contributed by atoms with Crippen molar-refractivity contribution in [2.24, 2.45) is 5.92 Å². The molecule has 33 heavy (non-hydrogen) atoms. The van der Waals surface area contributed by atoms with Crippen molar-refractivity contribution in [3.05, 3.63) is 65.5 Å². The van der Waals surface area contributed by atoms with Gasteiger partial charge in [-0.15, -0.1) is 0 Å². The van der Waals surface area contributed by atoms with Crippen LogP contribution in [-0.2, 0) is 16.1 Å². The quantitative estimate of drug-likeness (QED) is 0.408. The molecule has 2 aromatic heterocycles. The molecule has 0 radical (unpaired) electrons. The maximum atomic E-state index is 12.5. The summed E-state index contributed by atoms with van der Waals surface area (Å²) in [4.78, 5) is 28.6. The summed E-state index contributed by atoms with van der Waals surface area (Å²) in [6.07, 6.45) is 4.58. The highest BCUT2D eigenvalue weighted by molar-refractivity contribution is 6.04. The van der Waals surface area contributed by atoms with Crippen LogP contribution in [0, 0.1) is 31.1 Å². The second-order valence-corrected chi connectivity index (χ2v) is 8.12. The molecule has 0 atom stereocenters. The van der Waals surface area contributed by atoms with E-state index in [1.807, 2.05) is 26.0 Å². The van der Waals surface area contributed by atoms with Crippen LogP contribution >= 0.6 is 0 Å². The zero-order chi connectivity index (χ0) is 24.0. The fraction of sp³-hybridized carbons (Fsp3) is 0.292. The molecule has 0 aliphatic heterocycles. The zero-order valence-electron chi connectivity index (χ0n) is 19.2. The van der Waals surface area contributed by atoms with Crippen LogP contribution in [0.3, 0.4) is 0 Å². The van der Waals surface area contributed by atoms with Crippen LogP contribution in [0.5, 0.6) is 0 Å². The van der Waals surface area contributed by atoms with E-state index in [2.05, 4.69) is 39.1 Å². The van der Waals surface area contributed by atoms with E-state index in [1.165, 1.54) is 6.33 Å². The third-order valence-electron chi connectivity index (χ3n) is 5.07. The summed E-state index contributed by atoms with van der Waals surface area (Å²) in [5.41, 5.74) is 4.21. The van der Waals surface area contributed by atoms with Crippen LogP contribution < -0.4 is 10.6 Å². The third kappa shape index (κ3) is 5.95. The Bertz CT molecular complexity index is 1200. The highest BCUT2D eigenvalue weighted by atomic mass is 16.2. The van der Waals surface area contributed by atoms with Gasteiger partial charge < -0.3 is 15.2 Å². The summed E-state index contributed by atoms with van der Waals surface area (Å²) >= 11 is 0. The molecule has 3 aromatic rings. The number of nitriles is 1. The number of carbonyl (C=O) groups excluding carboxylic acids is 2. The Labute approximate surface area is 192 Å². The molecule has 0 saturated heterocycles. The summed E-state index contributed by atoms with van der Waals surface area (Å²) in [5.74, 6) is -0.519. The van der Waals surface area contributed by atoms with Gasteiger partial charge in [0.2, 0.25) is 5.91 Å². The molecule has 3 rings (SSSR count). The lowest BCUT2D eigenvalue weighted by Crippen LogP contribution is -2.33. The van der Waals surface area contributed by atoms with E-state index in [-0.39, 0.29) is 12.1 Å². The second-order valence-electron chi connectivity index (χ2n) is 8.12. The molecule has 2 N–H and O–H groups in total. The molecule has 2 heterocycles. The van der Waals surface area contributed by atoms with Crippen molar-refractivity contribution in [1.82, 2.24) is 24.6 Å². The lowest BCUT2D eigenvalue weighted by atomic mass is 10.1. The number of nitrogens with zero attached hydrogens (tertiary/aromatic N) is 5. The number of rotatable bonds is 8. The van der Waals surface area contributed by atoms with Gasteiger partial charge in [-0.05, 0) is 61.7 Å². The van der Waals surface area contributed by atoms with Gasteiger partial charge in [-0.25, -0.2) is 9.67 Å². The smallest absolute Gasteiger partial charge is 0.262 e. The first-order valence-corrected chi connectivity index (χ1v) is 10.6. The Morgan fingerprint density at radius 3 is 2.55 bits per heavy atom. The Kier molecular flexibility index (Phi) is 7.41. The molecule has 0 spiro atoms. The maximum absolute atomic E-state index is 12.5. The first-order valence-electron chi connectivity index (χ1n) is 10.6. The molecular weight excluding hydrogens is 418 g/mol. The van der Waals surface area contributed by atoms with Crippen LogP contribution in [0.15, 0.2) is 48.6 Å². The maximum Gasteiger partial charge on any atom is 0.262 e. The minimum atomic E-state index is -0.595. The summed E-state index contributed by atoms with van der Waals surface area (Å²) in [6, 6.07) is 10.9. The minimum Gasteiger partial charge on any atom is -0.348 e. The van der Waals surface area contributed by atoms with Crippen molar-refractivity contribution in [3.63, 3.8) is 0 Å². The molecule has 170 valence electrons. The van der Waals surface area contributed by atoms with Gasteiger partial charge in [0.1, 0.15) is 24.3 Å². The van der Waals surface area contributed by atoms with Crippen molar-refractivity contribution in [2.45, 2.75) is 34.2 Å². The number of amides is 2. The van der Waals surface area contributed by atoms with Gasteiger partial charge in [0.05, 0.1) is 12.2 Å². The summed E-state index contributed by atoms with van der Waals surface area (Å²) in [7, 11) is 0. The van der Waals surface area contributed by atoms with E-state index < -0.39 is 11.8 Å². The molecule has 0 aliphatic carbocycles. The Balaban J connectivity index is 1.60. The van der Waals surface area contributed by atoms with E-state index in [0.29, 0.717) is 11.6 Å². The van der Waals surface area contributed by atoms with Crippen molar-refractivity contribution in [1.29, 1.82) is 5.26 Å². The molecule has 0 unspecified atom stereocenters. The van der Waals surface area contributed by atoms with E-state index in [4.69, 9.17) is 0 Å². The molecule has 0 saturated carbocycles. The number of aromatic nitrogens is 4. The number of nitrogens with one attached hydrogen (secondary N) is 2. The normalized spacial score (nSPS) is 11.3. The Hall–Kier alpha value is -4.19. The first kappa shape index (κ1) is 23.5. The number of carbonyl (C=O) groups is 2. The molecule has 2 amide bonds. The van der Waals surface area contributed by atoms with Crippen LogP contribution in [-0.4, -0.2) is 37.7 Å². The van der Waals surface area contributed by atoms with Gasteiger partial charge in [-0.2, -0.15) is 10.4 Å². The third-order valence-corrected chi connectivity index (χ3v) is 5.07. The van der Waals surface area contributed by atoms with Crippen molar-refractivity contribution >= 4 is 23.6 Å². The molecule has 9 heteroatoms. The van der Waals surface area contributed by atoms with Crippen molar-refractivity contribution < 1.29 is 9.59 Å². The molecule has 0 bridgehead atoms. The molecule has 0 aliphatic rings. The number of hydrogen-bond acceptors (Lipinski definition) is 5. The predicted molar refractivity (Wildman–Crippen MR) is 125 cm³/mol. The van der Waals surface area contributed by atoms with Crippen LogP contribution in [0.25, 0.3) is 11.8 Å². The van der Waals surface area contributed by atoms with Gasteiger partial charge >= 0.3 is 0 Å². The SMILES string of the molecule is Cc1cc(/C=C(/C#N)C(=O)NCC(=O)Nc2ccc(-n3cncn3)cc2)c(C)n1CC(C)C. The van der Waals surface area contributed by atoms with Crippen molar-refractivity contribution in [3.8, 4) is 11.8 Å². The topological polar surface area (TPSA) is 118 Å². The molecule has 0 fully saturated rings. The molecule has 9 nitrogen and oxygen atoms in total. The summed E-state index contributed by atoms with van der Waals surface area (Å²) in [5, 5.41) is 18.7. The fourth-order valence-corrected chi connectivity index (χ4v) is 3.42. The van der Waals surface area contributed by atoms with Gasteiger partial charge in [-0.1, -0.05) is 13.8 Å². The average Bonchev–Trinajstić information content (AvgIpc) is 3.41. The average molecular weight is 446 g/mol. The minimum absolute atomic E-state index is 0.0511. The highest BCUT2D eigenvalue weighted by Crippen LogP contribution is 2.20. The number of anilines is 1. The van der Waals surface area contributed by atoms with E-state index >= 15 is 0 Å². The molecule has 1 aromatic carbocycles. The van der Waals surface area contributed by atoms with E-state index in [1.54, 1.807) is 41.4 Å². The number of aryl methyl sites for hydroxylation is 1. The van der Waals surface area contributed by atoms with Gasteiger partial charge in [0.15, 0.2) is 0 Å². The lowest BCUT2D eigenvalue weighted by molar-refractivity contribution is -0.121. The van der Waals surface area contributed by atoms with Crippen LogP contribution in [0.2, 0.25) is 0 Å². The number of benzene rings is 1. The fourth-order valence-electron chi connectivity index (χ4n) is 3.42. The Morgan fingerprint density at radius 1 is 1.21 bits per heavy atom. The lowest BCUT2D eigenvalue weighted by Gasteiger charge is -2.12. The van der Waals surface area contributed by atoms with Gasteiger partial charge in [0.25, 0.3) is 5.91 Å². The summed E-state index contributed by atoms with van der Waals surface area (Å²) in [6.45, 7) is 8.85.